The van der Waals surface area contributed by atoms with Gasteiger partial charge in [0, 0.05) is 47.2 Å². The molecule has 5 rings (SSSR count). The van der Waals surface area contributed by atoms with E-state index in [0.29, 0.717) is 39.9 Å². The number of aromatic nitrogens is 3. The van der Waals surface area contributed by atoms with E-state index in [1.165, 1.54) is 12.1 Å². The van der Waals surface area contributed by atoms with Crippen LogP contribution in [0.4, 0.5) is 17.2 Å². The Labute approximate surface area is 231 Å². The molecule has 3 aromatic carbocycles. The number of nitrogens with zero attached hydrogens (tertiary/aromatic N) is 3. The van der Waals surface area contributed by atoms with Crippen molar-refractivity contribution < 1.29 is 22.7 Å². The molecule has 2 heterocycles. The lowest BCUT2D eigenvalue weighted by Crippen LogP contribution is -2.12. The monoisotopic (exact) mass is 557 g/mol. The molecule has 40 heavy (non-hydrogen) atoms. The number of carbonyl (C=O) groups is 1. The van der Waals surface area contributed by atoms with Gasteiger partial charge in [-0.05, 0) is 48.5 Å². The van der Waals surface area contributed by atoms with Gasteiger partial charge >= 0.3 is 0 Å². The molecule has 0 fully saturated rings. The van der Waals surface area contributed by atoms with Crippen LogP contribution in [0.25, 0.3) is 16.9 Å². The average molecular weight is 558 g/mol. The van der Waals surface area contributed by atoms with E-state index in [2.05, 4.69) is 15.6 Å². The Morgan fingerprint density at radius 1 is 0.950 bits per heavy atom. The summed E-state index contributed by atoms with van der Waals surface area (Å²) in [4.78, 5) is 22.5. The molecule has 0 aliphatic rings. The molecule has 0 radical (unpaired) electrons. The van der Waals surface area contributed by atoms with E-state index in [4.69, 9.17) is 14.5 Å². The minimum atomic E-state index is -3.32. The molecule has 11 heteroatoms. The molecule has 2 N–H and O–H groups in total. The van der Waals surface area contributed by atoms with Crippen LogP contribution in [0.15, 0.2) is 90.2 Å². The number of carbonyl (C=O) groups excluding carboxylic acids is 1. The van der Waals surface area contributed by atoms with E-state index >= 15 is 0 Å². The van der Waals surface area contributed by atoms with Crippen LogP contribution in [0.2, 0.25) is 0 Å². The molecule has 0 bridgehead atoms. The molecule has 0 atom stereocenters. The highest BCUT2D eigenvalue weighted by Gasteiger charge is 2.15. The molecule has 204 valence electrons. The Morgan fingerprint density at radius 3 is 2.42 bits per heavy atom. The fourth-order valence-electron chi connectivity index (χ4n) is 4.14. The number of anilines is 3. The number of hydrogen-bond donors (Lipinski definition) is 2. The van der Waals surface area contributed by atoms with Crippen molar-refractivity contribution in [1.29, 1.82) is 0 Å². The van der Waals surface area contributed by atoms with Crippen LogP contribution in [-0.4, -0.2) is 48.7 Å². The first-order valence-electron chi connectivity index (χ1n) is 12.4. The van der Waals surface area contributed by atoms with Crippen LogP contribution < -0.4 is 20.1 Å². The molecular formula is C29H27N5O5S. The van der Waals surface area contributed by atoms with E-state index in [-0.39, 0.29) is 16.6 Å². The number of methoxy groups -OCH3 is 2. The van der Waals surface area contributed by atoms with Gasteiger partial charge in [0.2, 0.25) is 0 Å². The Morgan fingerprint density at radius 2 is 1.70 bits per heavy atom. The zero-order valence-corrected chi connectivity index (χ0v) is 22.9. The average Bonchev–Trinajstić information content (AvgIpc) is 3.46. The van der Waals surface area contributed by atoms with Crippen molar-refractivity contribution in [3.05, 3.63) is 90.9 Å². The topological polar surface area (TPSA) is 124 Å². The second kappa shape index (κ2) is 11.1. The second-order valence-electron chi connectivity index (χ2n) is 8.79. The van der Waals surface area contributed by atoms with E-state index in [0.717, 1.165) is 11.3 Å². The van der Waals surface area contributed by atoms with Crippen molar-refractivity contribution in [1.82, 2.24) is 14.4 Å². The molecule has 0 aliphatic carbocycles. The summed E-state index contributed by atoms with van der Waals surface area (Å²) in [6.07, 6.45) is 5.34. The largest absolute Gasteiger partial charge is 0.493 e. The number of sulfone groups is 1. The van der Waals surface area contributed by atoms with Crippen molar-refractivity contribution in [3.8, 4) is 22.8 Å². The number of ether oxygens (including phenoxy) is 2. The van der Waals surface area contributed by atoms with Gasteiger partial charge in [-0.2, -0.15) is 0 Å². The van der Waals surface area contributed by atoms with Crippen LogP contribution in [0, 0.1) is 0 Å². The van der Waals surface area contributed by atoms with Crippen molar-refractivity contribution in [3.63, 3.8) is 0 Å². The first-order valence-corrected chi connectivity index (χ1v) is 14.0. The number of hydrogen-bond acceptors (Lipinski definition) is 8. The third kappa shape index (κ3) is 5.45. The van der Waals surface area contributed by atoms with E-state index in [1.54, 1.807) is 63.7 Å². The highest BCUT2D eigenvalue weighted by Crippen LogP contribution is 2.32. The SMILES string of the molecule is CCS(=O)(=O)c1ccc(NC(=O)c2cccc(-c3cn4ccnc4c(Nc4ccc(OC)c(OC)c4)n3)c2)cc1. The van der Waals surface area contributed by atoms with Crippen LogP contribution in [-0.2, 0) is 9.84 Å². The summed E-state index contributed by atoms with van der Waals surface area (Å²) in [7, 11) is -0.167. The third-order valence-electron chi connectivity index (χ3n) is 6.29. The highest BCUT2D eigenvalue weighted by molar-refractivity contribution is 7.91. The number of amides is 1. The molecule has 0 unspecified atom stereocenters. The number of fused-ring (bicyclic) bond motifs is 1. The molecule has 1 amide bonds. The van der Waals surface area contributed by atoms with Gasteiger partial charge in [0.15, 0.2) is 32.8 Å². The van der Waals surface area contributed by atoms with Gasteiger partial charge < -0.3 is 24.5 Å². The zero-order valence-electron chi connectivity index (χ0n) is 22.1. The van der Waals surface area contributed by atoms with Crippen LogP contribution >= 0.6 is 0 Å². The minimum absolute atomic E-state index is 0.00984. The maximum Gasteiger partial charge on any atom is 0.255 e. The standard InChI is InChI=1S/C29H27N5O5S/c1-4-40(36,37)23-11-8-21(9-12-23)32-29(35)20-7-5-6-19(16-20)24-18-34-15-14-30-28(34)27(33-24)31-22-10-13-25(38-2)26(17-22)39-3/h5-18H,4H2,1-3H3,(H,31,33)(H,32,35). The summed E-state index contributed by atoms with van der Waals surface area (Å²) in [5.74, 6) is 1.38. The van der Waals surface area contributed by atoms with Gasteiger partial charge in [-0.25, -0.2) is 18.4 Å². The van der Waals surface area contributed by atoms with Crippen molar-refractivity contribution >= 4 is 38.6 Å². The fourth-order valence-corrected chi connectivity index (χ4v) is 5.02. The number of imidazole rings is 1. The first-order chi connectivity index (χ1) is 19.3. The molecule has 10 nitrogen and oxygen atoms in total. The van der Waals surface area contributed by atoms with Gasteiger partial charge in [0.25, 0.3) is 5.91 Å². The quantitative estimate of drug-likeness (QED) is 0.253. The lowest BCUT2D eigenvalue weighted by Gasteiger charge is -2.13. The predicted molar refractivity (Wildman–Crippen MR) is 153 cm³/mol. The van der Waals surface area contributed by atoms with Gasteiger partial charge in [-0.1, -0.05) is 19.1 Å². The Balaban J connectivity index is 1.42. The summed E-state index contributed by atoms with van der Waals surface area (Å²) >= 11 is 0. The van der Waals surface area contributed by atoms with Crippen molar-refractivity contribution in [2.75, 3.05) is 30.6 Å². The summed E-state index contributed by atoms with van der Waals surface area (Å²) < 4.78 is 36.7. The summed E-state index contributed by atoms with van der Waals surface area (Å²) in [6.45, 7) is 1.59. The van der Waals surface area contributed by atoms with Crippen LogP contribution in [0.3, 0.4) is 0 Å². The molecule has 2 aromatic heterocycles. The molecule has 0 aliphatic heterocycles. The lowest BCUT2D eigenvalue weighted by molar-refractivity contribution is 0.102. The maximum atomic E-state index is 13.0. The van der Waals surface area contributed by atoms with Crippen molar-refractivity contribution in [2.45, 2.75) is 11.8 Å². The van der Waals surface area contributed by atoms with Gasteiger partial charge in [-0.15, -0.1) is 0 Å². The number of benzene rings is 3. The lowest BCUT2D eigenvalue weighted by atomic mass is 10.1. The number of rotatable bonds is 9. The smallest absolute Gasteiger partial charge is 0.255 e. The van der Waals surface area contributed by atoms with E-state index < -0.39 is 9.84 Å². The first kappa shape index (κ1) is 26.7. The Bertz CT molecular complexity index is 1800. The van der Waals surface area contributed by atoms with Crippen LogP contribution in [0.5, 0.6) is 11.5 Å². The molecular weight excluding hydrogens is 530 g/mol. The van der Waals surface area contributed by atoms with Gasteiger partial charge in [-0.3, -0.25) is 4.79 Å². The zero-order chi connectivity index (χ0) is 28.3. The molecule has 5 aromatic rings. The van der Waals surface area contributed by atoms with Gasteiger partial charge in [0.1, 0.15) is 0 Å². The van der Waals surface area contributed by atoms with E-state index in [1.807, 2.05) is 35.0 Å². The predicted octanol–water partition coefficient (Wildman–Crippen LogP) is 5.20. The van der Waals surface area contributed by atoms with Gasteiger partial charge in [0.05, 0.1) is 30.6 Å². The minimum Gasteiger partial charge on any atom is -0.493 e. The molecule has 0 spiro atoms. The molecule has 0 saturated carbocycles. The highest BCUT2D eigenvalue weighted by atomic mass is 32.2. The fraction of sp³-hybridized carbons (Fsp3) is 0.138. The summed E-state index contributed by atoms with van der Waals surface area (Å²) in [6, 6.07) is 18.7. The second-order valence-corrected chi connectivity index (χ2v) is 11.1. The normalized spacial score (nSPS) is 11.3. The van der Waals surface area contributed by atoms with E-state index in [9.17, 15) is 13.2 Å². The number of nitrogens with one attached hydrogen (secondary N) is 2. The Kier molecular flexibility index (Phi) is 7.39. The molecule has 0 saturated heterocycles. The third-order valence-corrected chi connectivity index (χ3v) is 8.04. The van der Waals surface area contributed by atoms with Crippen LogP contribution in [0.1, 0.15) is 17.3 Å². The maximum absolute atomic E-state index is 13.0. The summed E-state index contributed by atoms with van der Waals surface area (Å²) in [5, 5.41) is 6.13. The Hall–Kier alpha value is -4.90. The summed E-state index contributed by atoms with van der Waals surface area (Å²) in [5.41, 5.74) is 3.62. The van der Waals surface area contributed by atoms with Crippen molar-refractivity contribution in [2.24, 2.45) is 0 Å².